The third-order valence-electron chi connectivity index (χ3n) is 1.89. The first-order valence-corrected chi connectivity index (χ1v) is 4.22. The molecule has 2 heterocycles. The van der Waals surface area contributed by atoms with Gasteiger partial charge in [-0.15, -0.1) is 0 Å². The lowest BCUT2D eigenvalue weighted by Crippen LogP contribution is -2.00. The van der Waals surface area contributed by atoms with Crippen LogP contribution in [-0.4, -0.2) is 15.8 Å². The Labute approximate surface area is 81.5 Å². The molecule has 0 amide bonds. The number of carbonyl (C=O) groups is 1. The molecular formula is C11H8N2O. The standard InChI is InChI=1S/C11H8N2O/c14-11(9-1-5-12-6-2-9)10-3-7-13-8-4-10/h1-8H. The number of nitrogens with zero attached hydrogens (tertiary/aromatic N) is 2. The Morgan fingerprint density at radius 3 is 1.50 bits per heavy atom. The fraction of sp³-hybridized carbons (Fsp3) is 0. The summed E-state index contributed by atoms with van der Waals surface area (Å²) in [6.45, 7) is 0. The monoisotopic (exact) mass is 184 g/mol. The highest BCUT2D eigenvalue weighted by Gasteiger charge is 2.06. The lowest BCUT2D eigenvalue weighted by Gasteiger charge is -1.98. The number of ketones is 1. The Morgan fingerprint density at radius 1 is 0.786 bits per heavy atom. The van der Waals surface area contributed by atoms with Gasteiger partial charge < -0.3 is 0 Å². The van der Waals surface area contributed by atoms with Crippen LogP contribution in [0.5, 0.6) is 0 Å². The van der Waals surface area contributed by atoms with Gasteiger partial charge in [-0.25, -0.2) is 0 Å². The SMILES string of the molecule is O=C(c1ccncc1)c1ccncc1. The van der Waals surface area contributed by atoms with Crippen LogP contribution < -0.4 is 0 Å². The van der Waals surface area contributed by atoms with Crippen LogP contribution in [0.2, 0.25) is 0 Å². The third-order valence-corrected chi connectivity index (χ3v) is 1.89. The van der Waals surface area contributed by atoms with Crippen molar-refractivity contribution < 1.29 is 4.79 Å². The van der Waals surface area contributed by atoms with Crippen LogP contribution in [0.25, 0.3) is 0 Å². The molecule has 0 saturated carbocycles. The van der Waals surface area contributed by atoms with Gasteiger partial charge >= 0.3 is 0 Å². The van der Waals surface area contributed by atoms with Crippen molar-refractivity contribution in [2.75, 3.05) is 0 Å². The van der Waals surface area contributed by atoms with E-state index in [0.29, 0.717) is 11.1 Å². The van der Waals surface area contributed by atoms with Crippen LogP contribution in [0.15, 0.2) is 49.1 Å². The van der Waals surface area contributed by atoms with E-state index in [0.717, 1.165) is 0 Å². The van der Waals surface area contributed by atoms with Gasteiger partial charge in [0.1, 0.15) is 0 Å². The van der Waals surface area contributed by atoms with Crippen molar-refractivity contribution in [1.82, 2.24) is 9.97 Å². The van der Waals surface area contributed by atoms with E-state index in [1.165, 1.54) is 0 Å². The van der Waals surface area contributed by atoms with Gasteiger partial charge in [-0.2, -0.15) is 0 Å². The van der Waals surface area contributed by atoms with Crippen molar-refractivity contribution >= 4 is 5.78 Å². The van der Waals surface area contributed by atoms with Crippen molar-refractivity contribution in [2.24, 2.45) is 0 Å². The normalized spacial score (nSPS) is 9.71. The van der Waals surface area contributed by atoms with E-state index < -0.39 is 0 Å². The van der Waals surface area contributed by atoms with Gasteiger partial charge in [-0.05, 0) is 24.3 Å². The predicted octanol–water partition coefficient (Wildman–Crippen LogP) is 1.71. The van der Waals surface area contributed by atoms with Crippen molar-refractivity contribution in [2.45, 2.75) is 0 Å². The van der Waals surface area contributed by atoms with Gasteiger partial charge in [0, 0.05) is 35.9 Å². The average Bonchev–Trinajstić information content (AvgIpc) is 2.30. The second-order valence-electron chi connectivity index (χ2n) is 2.80. The first kappa shape index (κ1) is 8.56. The van der Waals surface area contributed by atoms with E-state index in [2.05, 4.69) is 9.97 Å². The molecule has 0 unspecified atom stereocenters. The first-order valence-electron chi connectivity index (χ1n) is 4.22. The Morgan fingerprint density at radius 2 is 1.14 bits per heavy atom. The van der Waals surface area contributed by atoms with Crippen molar-refractivity contribution in [3.63, 3.8) is 0 Å². The zero-order valence-corrected chi connectivity index (χ0v) is 7.42. The summed E-state index contributed by atoms with van der Waals surface area (Å²) >= 11 is 0. The summed E-state index contributed by atoms with van der Waals surface area (Å²) in [6, 6.07) is 6.79. The van der Waals surface area contributed by atoms with Crippen molar-refractivity contribution in [1.29, 1.82) is 0 Å². The number of hydrogen-bond acceptors (Lipinski definition) is 3. The molecule has 0 aliphatic carbocycles. The Kier molecular flexibility index (Phi) is 2.32. The molecule has 0 bridgehead atoms. The number of rotatable bonds is 2. The molecule has 2 rings (SSSR count). The van der Waals surface area contributed by atoms with E-state index >= 15 is 0 Å². The molecule has 2 aromatic rings. The van der Waals surface area contributed by atoms with Crippen LogP contribution >= 0.6 is 0 Å². The van der Waals surface area contributed by atoms with Gasteiger partial charge in [-0.3, -0.25) is 14.8 Å². The molecule has 0 aliphatic rings. The molecule has 0 atom stereocenters. The number of carbonyl (C=O) groups excluding carboxylic acids is 1. The highest BCUT2D eigenvalue weighted by atomic mass is 16.1. The summed E-state index contributed by atoms with van der Waals surface area (Å²) in [6.07, 6.45) is 6.42. The van der Waals surface area contributed by atoms with E-state index in [4.69, 9.17) is 0 Å². The van der Waals surface area contributed by atoms with Crippen LogP contribution in [0.3, 0.4) is 0 Å². The smallest absolute Gasteiger partial charge is 0.193 e. The number of aromatic nitrogens is 2. The van der Waals surface area contributed by atoms with Crippen LogP contribution in [0.4, 0.5) is 0 Å². The molecule has 0 aliphatic heterocycles. The molecule has 0 spiro atoms. The second kappa shape index (κ2) is 3.79. The average molecular weight is 184 g/mol. The predicted molar refractivity (Wildman–Crippen MR) is 51.9 cm³/mol. The van der Waals surface area contributed by atoms with Crippen LogP contribution in [0, 0.1) is 0 Å². The summed E-state index contributed by atoms with van der Waals surface area (Å²) in [5.74, 6) is -0.00481. The minimum Gasteiger partial charge on any atom is -0.289 e. The van der Waals surface area contributed by atoms with Crippen molar-refractivity contribution in [3.8, 4) is 0 Å². The van der Waals surface area contributed by atoms with Crippen LogP contribution in [-0.2, 0) is 0 Å². The fourth-order valence-electron chi connectivity index (χ4n) is 1.17. The zero-order chi connectivity index (χ0) is 9.80. The van der Waals surface area contributed by atoms with Gasteiger partial charge in [0.15, 0.2) is 5.78 Å². The fourth-order valence-corrected chi connectivity index (χ4v) is 1.17. The maximum atomic E-state index is 11.8. The van der Waals surface area contributed by atoms with Gasteiger partial charge in [-0.1, -0.05) is 0 Å². The van der Waals surface area contributed by atoms with E-state index in [1.807, 2.05) is 0 Å². The van der Waals surface area contributed by atoms with Gasteiger partial charge in [0.25, 0.3) is 0 Å². The number of hydrogen-bond donors (Lipinski definition) is 0. The minimum atomic E-state index is -0.00481. The highest BCUT2D eigenvalue weighted by Crippen LogP contribution is 2.06. The molecule has 2 aromatic heterocycles. The lowest BCUT2D eigenvalue weighted by molar-refractivity contribution is 0.103. The lowest BCUT2D eigenvalue weighted by atomic mass is 10.1. The van der Waals surface area contributed by atoms with Gasteiger partial charge in [0.2, 0.25) is 0 Å². The maximum absolute atomic E-state index is 11.8. The molecule has 0 N–H and O–H groups in total. The molecule has 0 saturated heterocycles. The summed E-state index contributed by atoms with van der Waals surface area (Å²) in [5.41, 5.74) is 1.29. The zero-order valence-electron chi connectivity index (χ0n) is 7.42. The molecule has 0 aromatic carbocycles. The quantitative estimate of drug-likeness (QED) is 0.667. The first-order chi connectivity index (χ1) is 6.88. The molecule has 68 valence electrons. The molecule has 0 fully saturated rings. The van der Waals surface area contributed by atoms with Crippen LogP contribution in [0.1, 0.15) is 15.9 Å². The minimum absolute atomic E-state index is 0.00481. The molecule has 3 nitrogen and oxygen atoms in total. The Hall–Kier alpha value is -2.03. The summed E-state index contributed by atoms with van der Waals surface area (Å²) in [4.78, 5) is 19.5. The maximum Gasteiger partial charge on any atom is 0.193 e. The molecule has 0 radical (unpaired) electrons. The molecule has 14 heavy (non-hydrogen) atoms. The van der Waals surface area contributed by atoms with Crippen molar-refractivity contribution in [3.05, 3.63) is 60.2 Å². The second-order valence-corrected chi connectivity index (χ2v) is 2.80. The topological polar surface area (TPSA) is 42.9 Å². The summed E-state index contributed by atoms with van der Waals surface area (Å²) in [5, 5.41) is 0. The summed E-state index contributed by atoms with van der Waals surface area (Å²) < 4.78 is 0. The molecular weight excluding hydrogens is 176 g/mol. The highest BCUT2D eigenvalue weighted by molar-refractivity contribution is 6.08. The number of pyridine rings is 2. The summed E-state index contributed by atoms with van der Waals surface area (Å²) in [7, 11) is 0. The Balaban J connectivity index is 2.35. The van der Waals surface area contributed by atoms with E-state index in [9.17, 15) is 4.79 Å². The van der Waals surface area contributed by atoms with Gasteiger partial charge in [0.05, 0.1) is 0 Å². The Bertz CT molecular complexity index is 384. The molecule has 3 heteroatoms. The largest absolute Gasteiger partial charge is 0.289 e. The van der Waals surface area contributed by atoms with E-state index in [-0.39, 0.29) is 5.78 Å². The third kappa shape index (κ3) is 1.66. The van der Waals surface area contributed by atoms with E-state index in [1.54, 1.807) is 49.1 Å².